The minimum absolute atomic E-state index is 0.103. The summed E-state index contributed by atoms with van der Waals surface area (Å²) in [6, 6.07) is 9.12. The number of Topliss-reactive ketones (excluding diaryl/α,β-unsaturated/α-hetero) is 1. The molecule has 0 aliphatic carbocycles. The van der Waals surface area contributed by atoms with Crippen LogP contribution in [0.3, 0.4) is 0 Å². The van der Waals surface area contributed by atoms with Crippen molar-refractivity contribution in [1.82, 2.24) is 0 Å². The molecule has 74 valence electrons. The summed E-state index contributed by atoms with van der Waals surface area (Å²) in [6.07, 6.45) is 0. The largest absolute Gasteiger partial charge is 0.455 e. The molecule has 0 bridgehead atoms. The SMILES string of the molecule is NCC(=O)C(=O)OCc1ccccc1. The molecule has 4 nitrogen and oxygen atoms in total. The van der Waals surface area contributed by atoms with E-state index in [1.165, 1.54) is 0 Å². The van der Waals surface area contributed by atoms with E-state index < -0.39 is 11.8 Å². The second kappa shape index (κ2) is 5.14. The van der Waals surface area contributed by atoms with Gasteiger partial charge in [-0.1, -0.05) is 30.3 Å². The van der Waals surface area contributed by atoms with Gasteiger partial charge < -0.3 is 10.5 Å². The third-order valence-corrected chi connectivity index (χ3v) is 1.63. The van der Waals surface area contributed by atoms with Gasteiger partial charge in [-0.25, -0.2) is 4.79 Å². The van der Waals surface area contributed by atoms with Gasteiger partial charge in [-0.15, -0.1) is 0 Å². The normalized spacial score (nSPS) is 9.50. The van der Waals surface area contributed by atoms with Crippen molar-refractivity contribution in [3.63, 3.8) is 0 Å². The molecule has 0 saturated carbocycles. The summed E-state index contributed by atoms with van der Waals surface area (Å²) in [5, 5.41) is 0. The van der Waals surface area contributed by atoms with Crippen LogP contribution < -0.4 is 5.73 Å². The number of ketones is 1. The van der Waals surface area contributed by atoms with Gasteiger partial charge >= 0.3 is 5.97 Å². The van der Waals surface area contributed by atoms with E-state index in [1.54, 1.807) is 12.1 Å². The van der Waals surface area contributed by atoms with E-state index in [2.05, 4.69) is 0 Å². The number of hydrogen-bond donors (Lipinski definition) is 1. The fourth-order valence-corrected chi connectivity index (χ4v) is 0.887. The van der Waals surface area contributed by atoms with E-state index in [-0.39, 0.29) is 13.2 Å². The maximum atomic E-state index is 10.9. The van der Waals surface area contributed by atoms with Crippen LogP contribution in [-0.2, 0) is 20.9 Å². The summed E-state index contributed by atoms with van der Waals surface area (Å²) in [5.74, 6) is -1.59. The Morgan fingerprint density at radius 3 is 2.43 bits per heavy atom. The second-order valence-corrected chi connectivity index (χ2v) is 2.69. The number of benzene rings is 1. The Morgan fingerprint density at radius 2 is 1.86 bits per heavy atom. The third kappa shape index (κ3) is 2.99. The predicted molar refractivity (Wildman–Crippen MR) is 50.3 cm³/mol. The molecule has 0 aliphatic rings. The second-order valence-electron chi connectivity index (χ2n) is 2.69. The van der Waals surface area contributed by atoms with Gasteiger partial charge in [-0.2, -0.15) is 0 Å². The van der Waals surface area contributed by atoms with Gasteiger partial charge in [0.15, 0.2) is 0 Å². The molecule has 0 aromatic heterocycles. The quantitative estimate of drug-likeness (QED) is 0.550. The van der Waals surface area contributed by atoms with E-state index in [9.17, 15) is 9.59 Å². The Balaban J connectivity index is 2.42. The highest BCUT2D eigenvalue weighted by molar-refractivity contribution is 6.34. The van der Waals surface area contributed by atoms with Gasteiger partial charge in [0.2, 0.25) is 0 Å². The van der Waals surface area contributed by atoms with Gasteiger partial charge in [-0.05, 0) is 5.56 Å². The first kappa shape index (κ1) is 10.4. The lowest BCUT2D eigenvalue weighted by atomic mass is 10.2. The number of rotatable bonds is 4. The maximum absolute atomic E-state index is 10.9. The lowest BCUT2D eigenvalue weighted by molar-refractivity contribution is -0.154. The molecule has 1 aromatic rings. The lowest BCUT2D eigenvalue weighted by Gasteiger charge is -2.02. The van der Waals surface area contributed by atoms with E-state index in [0.29, 0.717) is 0 Å². The Labute approximate surface area is 81.7 Å². The van der Waals surface area contributed by atoms with Crippen molar-refractivity contribution in [1.29, 1.82) is 0 Å². The van der Waals surface area contributed by atoms with Crippen molar-refractivity contribution < 1.29 is 14.3 Å². The summed E-state index contributed by atoms with van der Waals surface area (Å²) >= 11 is 0. The maximum Gasteiger partial charge on any atom is 0.376 e. The monoisotopic (exact) mass is 193 g/mol. The molecule has 0 aliphatic heterocycles. The van der Waals surface area contributed by atoms with Crippen LogP contribution in [0.4, 0.5) is 0 Å². The molecule has 0 saturated heterocycles. The lowest BCUT2D eigenvalue weighted by Crippen LogP contribution is -2.25. The van der Waals surface area contributed by atoms with Gasteiger partial charge in [0.05, 0.1) is 6.54 Å². The van der Waals surface area contributed by atoms with Gasteiger partial charge in [0, 0.05) is 0 Å². The molecule has 0 spiro atoms. The van der Waals surface area contributed by atoms with E-state index >= 15 is 0 Å². The molecule has 14 heavy (non-hydrogen) atoms. The van der Waals surface area contributed by atoms with Crippen molar-refractivity contribution in [3.8, 4) is 0 Å². The Kier molecular flexibility index (Phi) is 3.82. The Hall–Kier alpha value is -1.68. The van der Waals surface area contributed by atoms with Crippen molar-refractivity contribution in [2.75, 3.05) is 6.54 Å². The third-order valence-electron chi connectivity index (χ3n) is 1.63. The number of hydrogen-bond acceptors (Lipinski definition) is 4. The van der Waals surface area contributed by atoms with Crippen LogP contribution in [0.5, 0.6) is 0 Å². The molecule has 0 radical (unpaired) electrons. The van der Waals surface area contributed by atoms with Crippen molar-refractivity contribution in [3.05, 3.63) is 35.9 Å². The van der Waals surface area contributed by atoms with Crippen LogP contribution in [0.25, 0.3) is 0 Å². The average molecular weight is 193 g/mol. The summed E-state index contributed by atoms with van der Waals surface area (Å²) in [5.41, 5.74) is 5.83. The van der Waals surface area contributed by atoms with Crippen LogP contribution in [0.15, 0.2) is 30.3 Å². The first-order chi connectivity index (χ1) is 6.74. The van der Waals surface area contributed by atoms with Crippen LogP contribution in [-0.4, -0.2) is 18.3 Å². The highest BCUT2D eigenvalue weighted by Gasteiger charge is 2.12. The molecular formula is C10H11NO3. The fourth-order valence-electron chi connectivity index (χ4n) is 0.887. The molecule has 1 rings (SSSR count). The fraction of sp³-hybridized carbons (Fsp3) is 0.200. The minimum Gasteiger partial charge on any atom is -0.455 e. The Morgan fingerprint density at radius 1 is 1.21 bits per heavy atom. The topological polar surface area (TPSA) is 69.4 Å². The molecule has 2 N–H and O–H groups in total. The van der Waals surface area contributed by atoms with Crippen LogP contribution in [0.1, 0.15) is 5.56 Å². The van der Waals surface area contributed by atoms with E-state index in [1.807, 2.05) is 18.2 Å². The van der Waals surface area contributed by atoms with Gasteiger partial charge in [0.1, 0.15) is 6.61 Å². The summed E-state index contributed by atoms with van der Waals surface area (Å²) < 4.78 is 4.71. The first-order valence-corrected chi connectivity index (χ1v) is 4.18. The zero-order chi connectivity index (χ0) is 10.4. The van der Waals surface area contributed by atoms with E-state index in [0.717, 1.165) is 5.56 Å². The molecule has 1 aromatic carbocycles. The molecule has 4 heteroatoms. The molecular weight excluding hydrogens is 182 g/mol. The smallest absolute Gasteiger partial charge is 0.376 e. The highest BCUT2D eigenvalue weighted by atomic mass is 16.5. The highest BCUT2D eigenvalue weighted by Crippen LogP contribution is 2.00. The number of carbonyl (C=O) groups is 2. The number of ether oxygens (including phenoxy) is 1. The van der Waals surface area contributed by atoms with Gasteiger partial charge in [-0.3, -0.25) is 4.79 Å². The van der Waals surface area contributed by atoms with Crippen molar-refractivity contribution in [2.45, 2.75) is 6.61 Å². The summed E-state index contributed by atoms with van der Waals surface area (Å²) in [4.78, 5) is 21.6. The summed E-state index contributed by atoms with van der Waals surface area (Å²) in [7, 11) is 0. The standard InChI is InChI=1S/C10H11NO3/c11-6-9(12)10(13)14-7-8-4-2-1-3-5-8/h1-5H,6-7,11H2. The van der Waals surface area contributed by atoms with Crippen LogP contribution in [0.2, 0.25) is 0 Å². The number of carbonyl (C=O) groups excluding carboxylic acids is 2. The zero-order valence-corrected chi connectivity index (χ0v) is 7.60. The molecule has 0 atom stereocenters. The summed E-state index contributed by atoms with van der Waals surface area (Å²) in [6.45, 7) is -0.209. The molecule has 0 unspecified atom stereocenters. The number of esters is 1. The zero-order valence-electron chi connectivity index (χ0n) is 7.60. The molecule has 0 amide bonds. The minimum atomic E-state index is -0.878. The van der Waals surface area contributed by atoms with Crippen molar-refractivity contribution >= 4 is 11.8 Å². The predicted octanol–water partition coefficient (Wildman–Crippen LogP) is 0.258. The number of nitrogens with two attached hydrogens (primary N) is 1. The molecule has 0 fully saturated rings. The molecule has 0 heterocycles. The van der Waals surface area contributed by atoms with Crippen LogP contribution in [0, 0.1) is 0 Å². The van der Waals surface area contributed by atoms with Crippen molar-refractivity contribution in [2.24, 2.45) is 5.73 Å². The average Bonchev–Trinajstić information content (AvgIpc) is 2.26. The van der Waals surface area contributed by atoms with E-state index in [4.69, 9.17) is 10.5 Å². The van der Waals surface area contributed by atoms with Gasteiger partial charge in [0.25, 0.3) is 5.78 Å². The van der Waals surface area contributed by atoms with Crippen LogP contribution >= 0.6 is 0 Å². The Bertz CT molecular complexity index is 321. The first-order valence-electron chi connectivity index (χ1n) is 4.18.